The second kappa shape index (κ2) is 6.99. The number of rotatable bonds is 5. The van der Waals surface area contributed by atoms with Crippen LogP contribution in [0.15, 0.2) is 60.7 Å². The predicted octanol–water partition coefficient (Wildman–Crippen LogP) is 4.44. The Morgan fingerprint density at radius 3 is 2.88 bits per heavy atom. The first-order valence-corrected chi connectivity index (χ1v) is 9.06. The first-order chi connectivity index (χ1) is 12.3. The van der Waals surface area contributed by atoms with E-state index in [0.717, 1.165) is 34.3 Å². The molecule has 4 nitrogen and oxygen atoms in total. The van der Waals surface area contributed by atoms with Crippen LogP contribution in [0.1, 0.15) is 20.8 Å². The minimum Gasteiger partial charge on any atom is -0.447 e. The number of anilines is 1. The molecule has 0 bridgehead atoms. The highest BCUT2D eigenvalue weighted by Crippen LogP contribution is 2.29. The number of carbonyl (C=O) groups excluding carboxylic acids is 1. The Morgan fingerprint density at radius 2 is 2.00 bits per heavy atom. The molecule has 1 aromatic heterocycles. The first kappa shape index (κ1) is 15.7. The van der Waals surface area contributed by atoms with Gasteiger partial charge in [0.05, 0.1) is 6.54 Å². The van der Waals surface area contributed by atoms with E-state index in [1.807, 2.05) is 60.7 Å². The summed E-state index contributed by atoms with van der Waals surface area (Å²) in [4.78, 5) is 13.4. The Bertz CT molecular complexity index is 890. The van der Waals surface area contributed by atoms with Crippen molar-refractivity contribution in [2.75, 3.05) is 11.9 Å². The Morgan fingerprint density at radius 1 is 1.12 bits per heavy atom. The number of nitrogens with one attached hydrogen (secondary N) is 2. The molecule has 25 heavy (non-hydrogen) atoms. The normalized spacial score (nSPS) is 12.3. The van der Waals surface area contributed by atoms with E-state index in [4.69, 9.17) is 4.74 Å². The molecule has 4 rings (SSSR count). The number of hydrogen-bond acceptors (Lipinski definition) is 4. The second-order valence-corrected chi connectivity index (χ2v) is 7.00. The van der Waals surface area contributed by atoms with Crippen LogP contribution in [0.25, 0.3) is 0 Å². The van der Waals surface area contributed by atoms with Crippen LogP contribution in [0, 0.1) is 0 Å². The van der Waals surface area contributed by atoms with Gasteiger partial charge >= 0.3 is 0 Å². The maximum atomic E-state index is 12.4. The maximum Gasteiger partial charge on any atom is 0.251 e. The molecule has 126 valence electrons. The van der Waals surface area contributed by atoms with E-state index in [2.05, 4.69) is 10.6 Å². The molecule has 1 aliphatic heterocycles. The molecule has 0 spiro atoms. The minimum absolute atomic E-state index is 0.0476. The lowest BCUT2D eigenvalue weighted by Crippen LogP contribution is -2.22. The van der Waals surface area contributed by atoms with E-state index in [1.54, 1.807) is 0 Å². The fourth-order valence-corrected chi connectivity index (χ4v) is 3.64. The van der Waals surface area contributed by atoms with Gasteiger partial charge in [0.2, 0.25) is 0 Å². The smallest absolute Gasteiger partial charge is 0.251 e. The number of benzene rings is 2. The third kappa shape index (κ3) is 3.67. The lowest BCUT2D eigenvalue weighted by atomic mass is 10.1. The predicted molar refractivity (Wildman–Crippen MR) is 101 cm³/mol. The van der Waals surface area contributed by atoms with Crippen molar-refractivity contribution < 1.29 is 9.53 Å². The fraction of sp³-hybridized carbons (Fsp3) is 0.150. The number of thiophene rings is 1. The molecule has 2 N–H and O–H groups in total. The van der Waals surface area contributed by atoms with Gasteiger partial charge in [-0.3, -0.25) is 4.79 Å². The summed E-state index contributed by atoms with van der Waals surface area (Å²) in [6.45, 7) is 1.44. The SMILES string of the molecule is O=C(NCc1ccc(Oc2ccccc2)s1)c1ccc2c(c1)CCN2. The van der Waals surface area contributed by atoms with Crippen molar-refractivity contribution in [3.05, 3.63) is 76.7 Å². The van der Waals surface area contributed by atoms with E-state index < -0.39 is 0 Å². The summed E-state index contributed by atoms with van der Waals surface area (Å²) >= 11 is 1.54. The molecule has 0 fully saturated rings. The molecule has 2 aromatic carbocycles. The van der Waals surface area contributed by atoms with Crippen LogP contribution in [-0.2, 0) is 13.0 Å². The number of ether oxygens (including phenoxy) is 1. The van der Waals surface area contributed by atoms with E-state index >= 15 is 0 Å². The number of fused-ring (bicyclic) bond motifs is 1. The summed E-state index contributed by atoms with van der Waals surface area (Å²) in [5.41, 5.74) is 3.06. The van der Waals surface area contributed by atoms with Gasteiger partial charge in [-0.1, -0.05) is 18.2 Å². The van der Waals surface area contributed by atoms with Gasteiger partial charge in [0.25, 0.3) is 5.91 Å². The average Bonchev–Trinajstić information content (AvgIpc) is 3.29. The largest absolute Gasteiger partial charge is 0.447 e. The fourth-order valence-electron chi connectivity index (χ4n) is 2.83. The first-order valence-electron chi connectivity index (χ1n) is 8.24. The molecule has 5 heteroatoms. The van der Waals surface area contributed by atoms with Crippen molar-refractivity contribution in [3.8, 4) is 10.8 Å². The lowest BCUT2D eigenvalue weighted by Gasteiger charge is -2.06. The maximum absolute atomic E-state index is 12.4. The van der Waals surface area contributed by atoms with E-state index in [1.165, 1.54) is 16.9 Å². The van der Waals surface area contributed by atoms with Crippen LogP contribution >= 0.6 is 11.3 Å². The summed E-state index contributed by atoms with van der Waals surface area (Å²) in [5.74, 6) is 0.764. The van der Waals surface area contributed by atoms with E-state index in [-0.39, 0.29) is 5.91 Å². The molecular weight excluding hydrogens is 332 g/mol. The quantitative estimate of drug-likeness (QED) is 0.715. The van der Waals surface area contributed by atoms with Gasteiger partial charge in [-0.25, -0.2) is 0 Å². The zero-order valence-electron chi connectivity index (χ0n) is 13.6. The van der Waals surface area contributed by atoms with Crippen LogP contribution in [0.3, 0.4) is 0 Å². The van der Waals surface area contributed by atoms with Crippen molar-refractivity contribution in [1.82, 2.24) is 5.32 Å². The lowest BCUT2D eigenvalue weighted by molar-refractivity contribution is 0.0951. The van der Waals surface area contributed by atoms with Gasteiger partial charge in [-0.15, -0.1) is 11.3 Å². The molecule has 2 heterocycles. The minimum atomic E-state index is -0.0476. The highest BCUT2D eigenvalue weighted by atomic mass is 32.1. The number of para-hydroxylation sites is 1. The zero-order valence-corrected chi connectivity index (χ0v) is 14.4. The number of hydrogen-bond donors (Lipinski definition) is 2. The Hall–Kier alpha value is -2.79. The Kier molecular flexibility index (Phi) is 4.39. The van der Waals surface area contributed by atoms with Gasteiger partial charge in [-0.05, 0) is 54.4 Å². The highest BCUT2D eigenvalue weighted by molar-refractivity contribution is 7.13. The molecule has 1 amide bonds. The van der Waals surface area contributed by atoms with Gasteiger partial charge < -0.3 is 15.4 Å². The summed E-state index contributed by atoms with van der Waals surface area (Å²) in [5, 5.41) is 7.10. The van der Waals surface area contributed by atoms with Gasteiger partial charge in [0.15, 0.2) is 5.06 Å². The molecule has 1 aliphatic rings. The number of amides is 1. The molecule has 0 saturated carbocycles. The standard InChI is InChI=1S/C20H18N2O2S/c23-20(15-6-8-18-14(12-15)10-11-21-18)22-13-17-7-9-19(25-17)24-16-4-2-1-3-5-16/h1-9,12,21H,10-11,13H2,(H,22,23). The van der Waals surface area contributed by atoms with Gasteiger partial charge in [-0.2, -0.15) is 0 Å². The van der Waals surface area contributed by atoms with Crippen LogP contribution in [0.2, 0.25) is 0 Å². The third-order valence-corrected chi connectivity index (χ3v) is 5.06. The Labute approximate surface area is 150 Å². The van der Waals surface area contributed by atoms with Gasteiger partial charge in [0, 0.05) is 22.7 Å². The van der Waals surface area contributed by atoms with Crippen molar-refractivity contribution in [1.29, 1.82) is 0 Å². The van der Waals surface area contributed by atoms with Gasteiger partial charge in [0.1, 0.15) is 5.75 Å². The van der Waals surface area contributed by atoms with Crippen LogP contribution in [0.4, 0.5) is 5.69 Å². The van der Waals surface area contributed by atoms with Crippen LogP contribution < -0.4 is 15.4 Å². The molecule has 3 aromatic rings. The summed E-state index contributed by atoms with van der Waals surface area (Å²) in [6.07, 6.45) is 0.974. The molecule has 0 radical (unpaired) electrons. The van der Waals surface area contributed by atoms with E-state index in [0.29, 0.717) is 12.1 Å². The van der Waals surface area contributed by atoms with Crippen LogP contribution in [0.5, 0.6) is 10.8 Å². The highest BCUT2D eigenvalue weighted by Gasteiger charge is 2.13. The summed E-state index contributed by atoms with van der Waals surface area (Å²) < 4.78 is 5.80. The molecule has 0 unspecified atom stereocenters. The molecule has 0 aliphatic carbocycles. The third-order valence-electron chi connectivity index (χ3n) is 4.10. The van der Waals surface area contributed by atoms with Crippen molar-refractivity contribution in [2.45, 2.75) is 13.0 Å². The molecular formula is C20H18N2O2S. The van der Waals surface area contributed by atoms with Crippen molar-refractivity contribution in [3.63, 3.8) is 0 Å². The van der Waals surface area contributed by atoms with E-state index in [9.17, 15) is 4.79 Å². The molecule has 0 saturated heterocycles. The van der Waals surface area contributed by atoms with Crippen molar-refractivity contribution >= 4 is 22.9 Å². The number of carbonyl (C=O) groups is 1. The van der Waals surface area contributed by atoms with Crippen molar-refractivity contribution in [2.24, 2.45) is 0 Å². The topological polar surface area (TPSA) is 50.4 Å². The zero-order chi connectivity index (χ0) is 17.1. The average molecular weight is 350 g/mol. The second-order valence-electron chi connectivity index (χ2n) is 5.87. The monoisotopic (exact) mass is 350 g/mol. The summed E-state index contributed by atoms with van der Waals surface area (Å²) in [6, 6.07) is 19.4. The Balaban J connectivity index is 1.36. The molecule has 0 atom stereocenters. The summed E-state index contributed by atoms with van der Waals surface area (Å²) in [7, 11) is 0. The van der Waals surface area contributed by atoms with Crippen LogP contribution in [-0.4, -0.2) is 12.5 Å².